The van der Waals surface area contributed by atoms with Crippen molar-refractivity contribution in [3.05, 3.63) is 99.8 Å². The lowest BCUT2D eigenvalue weighted by molar-refractivity contribution is 0.103. The predicted octanol–water partition coefficient (Wildman–Crippen LogP) is 4.31. The van der Waals surface area contributed by atoms with Gasteiger partial charge in [-0.15, -0.1) is 0 Å². The lowest BCUT2D eigenvalue weighted by Gasteiger charge is -2.14. The summed E-state index contributed by atoms with van der Waals surface area (Å²) in [4.78, 5) is 26.5. The fraction of sp³-hybridized carbons (Fsp3) is 0.154. The molecule has 0 atom stereocenters. The number of para-hydroxylation sites is 1. The van der Waals surface area contributed by atoms with Gasteiger partial charge in [0.05, 0.1) is 32.4 Å². The molecule has 0 fully saturated rings. The maximum Gasteiger partial charge on any atom is 0.200 e. The molecule has 162 valence electrons. The number of hydrogen-bond donors (Lipinski definition) is 0. The van der Waals surface area contributed by atoms with Gasteiger partial charge in [-0.2, -0.15) is 0 Å². The van der Waals surface area contributed by atoms with Crippen LogP contribution in [0.2, 0.25) is 0 Å². The van der Waals surface area contributed by atoms with Crippen LogP contribution in [0.5, 0.6) is 17.2 Å². The van der Waals surface area contributed by atoms with Crippen molar-refractivity contribution in [1.82, 2.24) is 4.57 Å². The number of fused-ring (bicyclic) bond motifs is 1. The molecule has 1 aromatic heterocycles. The fourth-order valence-electron chi connectivity index (χ4n) is 3.70. The summed E-state index contributed by atoms with van der Waals surface area (Å²) >= 11 is 0. The zero-order valence-corrected chi connectivity index (χ0v) is 18.1. The van der Waals surface area contributed by atoms with Crippen LogP contribution in [0.1, 0.15) is 21.5 Å². The third-order valence-corrected chi connectivity index (χ3v) is 5.39. The standard InChI is InChI=1S/C26H23NO5/c1-30-19-11-8-17(9-12-19)15-27-16-21(26(29)20-6-4-5-7-22(20)27)25(28)18-10-13-23(31-2)24(14-18)32-3/h4-14,16H,15H2,1-3H3. The highest BCUT2D eigenvalue weighted by Gasteiger charge is 2.19. The number of rotatable bonds is 7. The van der Waals surface area contributed by atoms with Crippen molar-refractivity contribution < 1.29 is 19.0 Å². The zero-order chi connectivity index (χ0) is 22.7. The number of nitrogens with zero attached hydrogens (tertiary/aromatic N) is 1. The third kappa shape index (κ3) is 3.95. The average Bonchev–Trinajstić information content (AvgIpc) is 2.85. The molecule has 0 bridgehead atoms. The molecule has 0 aliphatic heterocycles. The zero-order valence-electron chi connectivity index (χ0n) is 18.1. The van der Waals surface area contributed by atoms with Gasteiger partial charge in [0.2, 0.25) is 5.43 Å². The average molecular weight is 429 g/mol. The number of hydrogen-bond acceptors (Lipinski definition) is 5. The smallest absolute Gasteiger partial charge is 0.200 e. The fourth-order valence-corrected chi connectivity index (χ4v) is 3.70. The summed E-state index contributed by atoms with van der Waals surface area (Å²) in [5.74, 6) is 1.34. The topological polar surface area (TPSA) is 66.8 Å². The molecule has 32 heavy (non-hydrogen) atoms. The van der Waals surface area contributed by atoms with Crippen LogP contribution in [0, 0.1) is 0 Å². The van der Waals surface area contributed by atoms with Gasteiger partial charge >= 0.3 is 0 Å². The normalized spacial score (nSPS) is 10.7. The summed E-state index contributed by atoms with van der Waals surface area (Å²) in [7, 11) is 4.65. The Morgan fingerprint density at radius 3 is 2.25 bits per heavy atom. The Morgan fingerprint density at radius 2 is 1.56 bits per heavy atom. The van der Waals surface area contributed by atoms with E-state index in [2.05, 4.69) is 0 Å². The monoisotopic (exact) mass is 429 g/mol. The number of benzene rings is 3. The second kappa shape index (κ2) is 8.98. The number of carbonyl (C=O) groups excluding carboxylic acids is 1. The summed E-state index contributed by atoms with van der Waals surface area (Å²) in [5.41, 5.74) is 1.93. The number of methoxy groups -OCH3 is 3. The van der Waals surface area contributed by atoms with Gasteiger partial charge in [-0.1, -0.05) is 24.3 Å². The van der Waals surface area contributed by atoms with Crippen molar-refractivity contribution in [2.45, 2.75) is 6.54 Å². The Balaban J connectivity index is 1.82. The van der Waals surface area contributed by atoms with E-state index in [0.29, 0.717) is 29.0 Å². The molecule has 3 aromatic carbocycles. The summed E-state index contributed by atoms with van der Waals surface area (Å²) < 4.78 is 17.7. The van der Waals surface area contributed by atoms with E-state index >= 15 is 0 Å². The van der Waals surface area contributed by atoms with Crippen LogP contribution in [0.4, 0.5) is 0 Å². The first kappa shape index (κ1) is 21.2. The van der Waals surface area contributed by atoms with Crippen LogP contribution in [-0.2, 0) is 6.54 Å². The molecule has 1 heterocycles. The van der Waals surface area contributed by atoms with Gasteiger partial charge in [-0.3, -0.25) is 9.59 Å². The quantitative estimate of drug-likeness (QED) is 0.410. The molecule has 6 nitrogen and oxygen atoms in total. The Morgan fingerprint density at radius 1 is 0.844 bits per heavy atom. The van der Waals surface area contributed by atoms with Crippen LogP contribution >= 0.6 is 0 Å². The highest BCUT2D eigenvalue weighted by atomic mass is 16.5. The molecule has 0 radical (unpaired) electrons. The van der Waals surface area contributed by atoms with E-state index in [9.17, 15) is 9.59 Å². The molecule has 4 aromatic rings. The second-order valence-electron chi connectivity index (χ2n) is 7.26. The summed E-state index contributed by atoms with van der Waals surface area (Å²) in [6.07, 6.45) is 1.63. The lowest BCUT2D eigenvalue weighted by Crippen LogP contribution is -2.20. The second-order valence-corrected chi connectivity index (χ2v) is 7.26. The maximum atomic E-state index is 13.3. The van der Waals surface area contributed by atoms with Gasteiger partial charge in [0.1, 0.15) is 5.75 Å². The van der Waals surface area contributed by atoms with E-state index in [1.807, 2.05) is 41.0 Å². The van der Waals surface area contributed by atoms with E-state index in [1.54, 1.807) is 43.6 Å². The van der Waals surface area contributed by atoms with E-state index in [-0.39, 0.29) is 16.8 Å². The number of carbonyl (C=O) groups is 1. The molecule has 0 aliphatic rings. The SMILES string of the molecule is COc1ccc(Cn2cc(C(=O)c3ccc(OC)c(OC)c3)c(=O)c3ccccc32)cc1. The van der Waals surface area contributed by atoms with E-state index in [1.165, 1.54) is 14.2 Å². The van der Waals surface area contributed by atoms with Gasteiger partial charge in [-0.25, -0.2) is 0 Å². The Labute approximate surface area is 185 Å². The van der Waals surface area contributed by atoms with Crippen molar-refractivity contribution in [1.29, 1.82) is 0 Å². The largest absolute Gasteiger partial charge is 0.497 e. The molecule has 0 N–H and O–H groups in total. The van der Waals surface area contributed by atoms with Gasteiger partial charge in [-0.05, 0) is 48.0 Å². The van der Waals surface area contributed by atoms with Crippen LogP contribution in [-0.4, -0.2) is 31.7 Å². The van der Waals surface area contributed by atoms with Crippen LogP contribution in [0.3, 0.4) is 0 Å². The Hall–Kier alpha value is -4.06. The van der Waals surface area contributed by atoms with Crippen molar-refractivity contribution in [2.75, 3.05) is 21.3 Å². The maximum absolute atomic E-state index is 13.3. The number of pyridine rings is 1. The molecule has 0 spiro atoms. The minimum atomic E-state index is -0.370. The van der Waals surface area contributed by atoms with Crippen LogP contribution in [0.15, 0.2) is 77.7 Å². The summed E-state index contributed by atoms with van der Waals surface area (Å²) in [5, 5.41) is 0.493. The van der Waals surface area contributed by atoms with Crippen molar-refractivity contribution in [3.8, 4) is 17.2 Å². The minimum Gasteiger partial charge on any atom is -0.497 e. The highest BCUT2D eigenvalue weighted by Crippen LogP contribution is 2.28. The molecule has 0 aliphatic carbocycles. The van der Waals surface area contributed by atoms with Gasteiger partial charge in [0, 0.05) is 23.7 Å². The number of aromatic nitrogens is 1. The Bertz CT molecular complexity index is 1340. The molecule has 0 saturated carbocycles. The molecule has 4 rings (SSSR count). The summed E-state index contributed by atoms with van der Waals surface area (Å²) in [6.45, 7) is 0.497. The van der Waals surface area contributed by atoms with Crippen molar-refractivity contribution >= 4 is 16.7 Å². The molecule has 0 saturated heterocycles. The first-order valence-corrected chi connectivity index (χ1v) is 10.1. The van der Waals surface area contributed by atoms with Gasteiger partial charge < -0.3 is 18.8 Å². The molecular formula is C26H23NO5. The van der Waals surface area contributed by atoms with Gasteiger partial charge in [0.15, 0.2) is 17.3 Å². The van der Waals surface area contributed by atoms with Crippen molar-refractivity contribution in [3.63, 3.8) is 0 Å². The number of ketones is 1. The third-order valence-electron chi connectivity index (χ3n) is 5.39. The highest BCUT2D eigenvalue weighted by molar-refractivity contribution is 6.10. The summed E-state index contributed by atoms with van der Waals surface area (Å²) in [6, 6.07) is 19.9. The first-order chi connectivity index (χ1) is 15.5. The van der Waals surface area contributed by atoms with Gasteiger partial charge in [0.25, 0.3) is 0 Å². The van der Waals surface area contributed by atoms with Crippen LogP contribution < -0.4 is 19.6 Å². The van der Waals surface area contributed by atoms with Crippen LogP contribution in [0.25, 0.3) is 10.9 Å². The first-order valence-electron chi connectivity index (χ1n) is 10.1. The predicted molar refractivity (Wildman–Crippen MR) is 123 cm³/mol. The molecule has 0 amide bonds. The molecule has 0 unspecified atom stereocenters. The van der Waals surface area contributed by atoms with E-state index in [0.717, 1.165) is 16.8 Å². The Kier molecular flexibility index (Phi) is 5.94. The molecule has 6 heteroatoms. The minimum absolute atomic E-state index is 0.101. The van der Waals surface area contributed by atoms with E-state index in [4.69, 9.17) is 14.2 Å². The molecular weight excluding hydrogens is 406 g/mol. The van der Waals surface area contributed by atoms with E-state index < -0.39 is 0 Å². The number of ether oxygens (including phenoxy) is 3. The van der Waals surface area contributed by atoms with Crippen molar-refractivity contribution in [2.24, 2.45) is 0 Å². The lowest BCUT2D eigenvalue weighted by atomic mass is 10.0.